The molecular weight excluding hydrogens is 367 g/mol. The minimum Gasteiger partial charge on any atom is -0.369 e. The summed E-state index contributed by atoms with van der Waals surface area (Å²) in [6.07, 6.45) is 7.53. The molecule has 6 nitrogen and oxygen atoms in total. The minimum atomic E-state index is -0.270. The van der Waals surface area contributed by atoms with Crippen molar-refractivity contribution in [3.05, 3.63) is 47.4 Å². The van der Waals surface area contributed by atoms with E-state index in [1.165, 1.54) is 31.5 Å². The molecule has 2 fully saturated rings. The molecule has 2 aliphatic carbocycles. The Hall–Kier alpha value is -2.72. The SMILES string of the molecule is N#Cc1cnc(NCc2ccccc2F)nc1NCC1C[C@H]2CCC[C@@H](C1)C2N. The Labute approximate surface area is 170 Å². The van der Waals surface area contributed by atoms with Gasteiger partial charge in [0.05, 0.1) is 6.20 Å². The number of nitrogens with zero attached hydrogens (tertiary/aromatic N) is 3. The summed E-state index contributed by atoms with van der Waals surface area (Å²) < 4.78 is 13.8. The summed E-state index contributed by atoms with van der Waals surface area (Å²) >= 11 is 0. The van der Waals surface area contributed by atoms with Gasteiger partial charge in [0.25, 0.3) is 0 Å². The van der Waals surface area contributed by atoms with Crippen molar-refractivity contribution in [1.29, 1.82) is 5.26 Å². The van der Waals surface area contributed by atoms with Crippen LogP contribution in [0.1, 0.15) is 43.2 Å². The van der Waals surface area contributed by atoms with Gasteiger partial charge < -0.3 is 16.4 Å². The number of nitrogens with one attached hydrogen (secondary N) is 2. The molecular formula is C22H27FN6. The molecule has 0 radical (unpaired) electrons. The highest BCUT2D eigenvalue weighted by Crippen LogP contribution is 2.41. The van der Waals surface area contributed by atoms with Gasteiger partial charge in [-0.2, -0.15) is 10.2 Å². The second-order valence-corrected chi connectivity index (χ2v) is 8.26. The lowest BCUT2D eigenvalue weighted by Gasteiger charge is -2.44. The number of rotatable bonds is 6. The van der Waals surface area contributed by atoms with Gasteiger partial charge in [-0.3, -0.25) is 0 Å². The average molecular weight is 394 g/mol. The molecule has 1 aromatic carbocycles. The van der Waals surface area contributed by atoms with E-state index in [2.05, 4.69) is 26.7 Å². The Bertz CT molecular complexity index is 881. The number of halogens is 1. The van der Waals surface area contributed by atoms with Crippen LogP contribution in [-0.2, 0) is 6.54 Å². The van der Waals surface area contributed by atoms with Gasteiger partial charge in [0.2, 0.25) is 5.95 Å². The van der Waals surface area contributed by atoms with E-state index in [0.717, 1.165) is 19.4 Å². The predicted octanol–water partition coefficient (Wildman–Crippen LogP) is 3.66. The van der Waals surface area contributed by atoms with E-state index >= 15 is 0 Å². The highest BCUT2D eigenvalue weighted by Gasteiger charge is 2.37. The van der Waals surface area contributed by atoms with Crippen LogP contribution >= 0.6 is 0 Å². The molecule has 2 unspecified atom stereocenters. The van der Waals surface area contributed by atoms with E-state index in [1.54, 1.807) is 18.2 Å². The van der Waals surface area contributed by atoms with Crippen LogP contribution in [0.15, 0.2) is 30.5 Å². The average Bonchev–Trinajstić information content (AvgIpc) is 2.72. The number of hydrogen-bond acceptors (Lipinski definition) is 6. The summed E-state index contributed by atoms with van der Waals surface area (Å²) in [5.41, 5.74) is 7.35. The lowest BCUT2D eigenvalue weighted by atomic mass is 9.65. The molecule has 7 heteroatoms. The number of aromatic nitrogens is 2. The molecule has 2 saturated carbocycles. The molecule has 2 bridgehead atoms. The van der Waals surface area contributed by atoms with Gasteiger partial charge in [0.15, 0.2) is 0 Å². The Morgan fingerprint density at radius 1 is 1.17 bits per heavy atom. The summed E-state index contributed by atoms with van der Waals surface area (Å²) in [5, 5.41) is 15.8. The van der Waals surface area contributed by atoms with E-state index in [9.17, 15) is 9.65 Å². The summed E-state index contributed by atoms with van der Waals surface area (Å²) in [5.74, 6) is 2.41. The number of nitriles is 1. The van der Waals surface area contributed by atoms with Gasteiger partial charge in [-0.25, -0.2) is 9.37 Å². The first-order chi connectivity index (χ1) is 14.1. The van der Waals surface area contributed by atoms with Crippen LogP contribution in [0.2, 0.25) is 0 Å². The second kappa shape index (κ2) is 8.75. The lowest BCUT2D eigenvalue weighted by Crippen LogP contribution is -2.47. The maximum Gasteiger partial charge on any atom is 0.224 e. The number of hydrogen-bond donors (Lipinski definition) is 3. The topological polar surface area (TPSA) is 99.6 Å². The highest BCUT2D eigenvalue weighted by molar-refractivity contribution is 5.53. The Balaban J connectivity index is 1.40. The Morgan fingerprint density at radius 3 is 2.66 bits per heavy atom. The standard InChI is InChI=1S/C22H27FN6/c23-19-7-2-1-4-17(19)12-27-22-28-13-18(10-24)21(29-22)26-11-14-8-15-5-3-6-16(9-14)20(15)25/h1-2,4,7,13-16,20H,3,5-6,8-9,11-12,25H2,(H2,26,27,28,29)/t14?,15-,16+,20?. The van der Waals surface area contributed by atoms with Gasteiger partial charge in [-0.15, -0.1) is 0 Å². The highest BCUT2D eigenvalue weighted by atomic mass is 19.1. The molecule has 29 heavy (non-hydrogen) atoms. The molecule has 2 aromatic rings. The zero-order chi connectivity index (χ0) is 20.2. The zero-order valence-electron chi connectivity index (χ0n) is 16.4. The summed E-state index contributed by atoms with van der Waals surface area (Å²) in [6.45, 7) is 1.06. The van der Waals surface area contributed by atoms with Crippen LogP contribution in [0.25, 0.3) is 0 Å². The van der Waals surface area contributed by atoms with Crippen molar-refractivity contribution in [3.63, 3.8) is 0 Å². The van der Waals surface area contributed by atoms with Crippen molar-refractivity contribution in [1.82, 2.24) is 9.97 Å². The smallest absolute Gasteiger partial charge is 0.224 e. The molecule has 1 heterocycles. The molecule has 0 saturated heterocycles. The fourth-order valence-corrected chi connectivity index (χ4v) is 4.82. The number of nitrogens with two attached hydrogens (primary N) is 1. The summed E-state index contributed by atoms with van der Waals surface area (Å²) in [7, 11) is 0. The van der Waals surface area contributed by atoms with Crippen LogP contribution < -0.4 is 16.4 Å². The van der Waals surface area contributed by atoms with Gasteiger partial charge in [-0.1, -0.05) is 24.6 Å². The third kappa shape index (κ3) is 4.48. The first-order valence-electron chi connectivity index (χ1n) is 10.4. The molecule has 4 atom stereocenters. The summed E-state index contributed by atoms with van der Waals surface area (Å²) in [6, 6.07) is 9.09. The second-order valence-electron chi connectivity index (χ2n) is 8.26. The van der Waals surface area contributed by atoms with Crippen molar-refractivity contribution in [2.75, 3.05) is 17.2 Å². The van der Waals surface area contributed by atoms with Gasteiger partial charge in [0, 0.05) is 24.7 Å². The predicted molar refractivity (Wildman–Crippen MR) is 110 cm³/mol. The Morgan fingerprint density at radius 2 is 1.93 bits per heavy atom. The maximum atomic E-state index is 13.8. The fourth-order valence-electron chi connectivity index (χ4n) is 4.82. The normalized spacial score (nSPS) is 25.8. The molecule has 1 aromatic heterocycles. The Kier molecular flexibility index (Phi) is 5.91. The molecule has 0 aliphatic heterocycles. The molecule has 152 valence electrons. The first kappa shape index (κ1) is 19.6. The van der Waals surface area contributed by atoms with E-state index in [0.29, 0.717) is 46.7 Å². The fraction of sp³-hybridized carbons (Fsp3) is 0.500. The molecule has 0 amide bonds. The quantitative estimate of drug-likeness (QED) is 0.691. The third-order valence-corrected chi connectivity index (χ3v) is 6.37. The zero-order valence-corrected chi connectivity index (χ0v) is 16.4. The van der Waals surface area contributed by atoms with E-state index in [-0.39, 0.29) is 12.4 Å². The number of fused-ring (bicyclic) bond motifs is 2. The monoisotopic (exact) mass is 394 g/mol. The molecule has 2 aliphatic rings. The van der Waals surface area contributed by atoms with Gasteiger partial charge in [0.1, 0.15) is 23.3 Å². The van der Waals surface area contributed by atoms with Crippen LogP contribution in [0.3, 0.4) is 0 Å². The molecule has 0 spiro atoms. The van der Waals surface area contributed by atoms with Gasteiger partial charge >= 0.3 is 0 Å². The van der Waals surface area contributed by atoms with Crippen molar-refractivity contribution in [2.24, 2.45) is 23.5 Å². The number of benzene rings is 1. The third-order valence-electron chi connectivity index (χ3n) is 6.37. The van der Waals surface area contributed by atoms with Crippen LogP contribution in [0.4, 0.5) is 16.2 Å². The largest absolute Gasteiger partial charge is 0.369 e. The summed E-state index contributed by atoms with van der Waals surface area (Å²) in [4.78, 5) is 8.64. The van der Waals surface area contributed by atoms with E-state index < -0.39 is 0 Å². The maximum absolute atomic E-state index is 13.8. The van der Waals surface area contributed by atoms with Crippen LogP contribution in [0.5, 0.6) is 0 Å². The number of anilines is 2. The van der Waals surface area contributed by atoms with Crippen molar-refractivity contribution in [3.8, 4) is 6.07 Å². The van der Waals surface area contributed by atoms with Crippen molar-refractivity contribution in [2.45, 2.75) is 44.7 Å². The van der Waals surface area contributed by atoms with Gasteiger partial charge in [-0.05, 0) is 49.5 Å². The molecule has 4 N–H and O–H groups in total. The molecule has 4 rings (SSSR count). The lowest BCUT2D eigenvalue weighted by molar-refractivity contribution is 0.112. The first-order valence-corrected chi connectivity index (χ1v) is 10.4. The van der Waals surface area contributed by atoms with E-state index in [1.807, 2.05) is 0 Å². The minimum absolute atomic E-state index is 0.270. The van der Waals surface area contributed by atoms with Crippen molar-refractivity contribution < 1.29 is 4.39 Å². The van der Waals surface area contributed by atoms with Crippen LogP contribution in [-0.4, -0.2) is 22.6 Å². The van der Waals surface area contributed by atoms with E-state index in [4.69, 9.17) is 5.73 Å². The van der Waals surface area contributed by atoms with Crippen molar-refractivity contribution >= 4 is 11.8 Å². The van der Waals surface area contributed by atoms with Crippen LogP contribution in [0, 0.1) is 34.9 Å².